The molecule has 0 saturated carbocycles. The SMILES string of the molecule is Cc1cc(C(=O)NCc2sccc2C)ccc1Br. The second kappa shape index (κ2) is 5.67. The van der Waals surface area contributed by atoms with Crippen molar-refractivity contribution < 1.29 is 4.79 Å². The fraction of sp³-hybridized carbons (Fsp3) is 0.214. The summed E-state index contributed by atoms with van der Waals surface area (Å²) in [5, 5.41) is 4.99. The molecule has 2 rings (SSSR count). The number of carbonyl (C=O) groups is 1. The summed E-state index contributed by atoms with van der Waals surface area (Å²) >= 11 is 5.10. The van der Waals surface area contributed by atoms with Crippen molar-refractivity contribution in [3.05, 3.63) is 55.7 Å². The van der Waals surface area contributed by atoms with E-state index in [1.807, 2.05) is 30.5 Å². The molecule has 0 fully saturated rings. The summed E-state index contributed by atoms with van der Waals surface area (Å²) in [5.74, 6) is -0.0293. The second-order valence-electron chi connectivity index (χ2n) is 4.17. The average Bonchev–Trinajstić information content (AvgIpc) is 2.75. The van der Waals surface area contributed by atoms with E-state index in [0.717, 1.165) is 10.0 Å². The summed E-state index contributed by atoms with van der Waals surface area (Å²) in [5.41, 5.74) is 2.99. The molecule has 0 saturated heterocycles. The molecule has 0 atom stereocenters. The van der Waals surface area contributed by atoms with E-state index in [1.54, 1.807) is 11.3 Å². The molecule has 4 heteroatoms. The number of halogens is 1. The Labute approximate surface area is 119 Å². The van der Waals surface area contributed by atoms with Crippen LogP contribution in [0, 0.1) is 13.8 Å². The summed E-state index contributed by atoms with van der Waals surface area (Å²) in [6, 6.07) is 7.69. The van der Waals surface area contributed by atoms with Gasteiger partial charge in [0.2, 0.25) is 0 Å². The lowest BCUT2D eigenvalue weighted by Crippen LogP contribution is -2.22. The van der Waals surface area contributed by atoms with Crippen molar-refractivity contribution in [2.75, 3.05) is 0 Å². The van der Waals surface area contributed by atoms with Gasteiger partial charge in [-0.3, -0.25) is 4.79 Å². The summed E-state index contributed by atoms with van der Waals surface area (Å²) in [4.78, 5) is 13.2. The highest BCUT2D eigenvalue weighted by atomic mass is 79.9. The average molecular weight is 324 g/mol. The molecule has 94 valence electrons. The van der Waals surface area contributed by atoms with Crippen molar-refractivity contribution in [3.63, 3.8) is 0 Å². The molecule has 0 unspecified atom stereocenters. The zero-order chi connectivity index (χ0) is 13.1. The van der Waals surface area contributed by atoms with E-state index >= 15 is 0 Å². The predicted molar refractivity (Wildman–Crippen MR) is 79.1 cm³/mol. The van der Waals surface area contributed by atoms with E-state index < -0.39 is 0 Å². The smallest absolute Gasteiger partial charge is 0.251 e. The Morgan fingerprint density at radius 1 is 1.28 bits per heavy atom. The normalized spacial score (nSPS) is 10.4. The van der Waals surface area contributed by atoms with Gasteiger partial charge in [-0.05, 0) is 54.6 Å². The minimum absolute atomic E-state index is 0.0293. The minimum Gasteiger partial charge on any atom is -0.347 e. The molecule has 1 aromatic carbocycles. The van der Waals surface area contributed by atoms with Gasteiger partial charge in [-0.15, -0.1) is 11.3 Å². The third kappa shape index (κ3) is 3.00. The van der Waals surface area contributed by atoms with Crippen LogP contribution in [0.3, 0.4) is 0 Å². The van der Waals surface area contributed by atoms with Crippen molar-refractivity contribution in [2.24, 2.45) is 0 Å². The molecule has 2 aromatic rings. The van der Waals surface area contributed by atoms with Gasteiger partial charge in [0.1, 0.15) is 0 Å². The molecule has 1 amide bonds. The quantitative estimate of drug-likeness (QED) is 0.906. The first-order valence-electron chi connectivity index (χ1n) is 5.65. The van der Waals surface area contributed by atoms with Gasteiger partial charge in [-0.25, -0.2) is 0 Å². The Balaban J connectivity index is 2.04. The van der Waals surface area contributed by atoms with Gasteiger partial charge in [0.05, 0.1) is 6.54 Å². The lowest BCUT2D eigenvalue weighted by molar-refractivity contribution is 0.0951. The predicted octanol–water partition coefficient (Wildman–Crippen LogP) is 4.06. The van der Waals surface area contributed by atoms with Gasteiger partial charge < -0.3 is 5.32 Å². The van der Waals surface area contributed by atoms with Gasteiger partial charge in [0.25, 0.3) is 5.91 Å². The van der Waals surface area contributed by atoms with Crippen molar-refractivity contribution >= 4 is 33.2 Å². The van der Waals surface area contributed by atoms with Gasteiger partial charge in [0, 0.05) is 14.9 Å². The summed E-state index contributed by atoms with van der Waals surface area (Å²) in [6.45, 7) is 4.63. The monoisotopic (exact) mass is 323 g/mol. The molecule has 2 nitrogen and oxygen atoms in total. The van der Waals surface area contributed by atoms with Crippen LogP contribution in [0.1, 0.15) is 26.4 Å². The topological polar surface area (TPSA) is 29.1 Å². The standard InChI is InChI=1S/C14H14BrNOS/c1-9-5-6-18-13(9)8-16-14(17)11-3-4-12(15)10(2)7-11/h3-7H,8H2,1-2H3,(H,16,17). The minimum atomic E-state index is -0.0293. The lowest BCUT2D eigenvalue weighted by Gasteiger charge is -2.06. The molecule has 0 radical (unpaired) electrons. The summed E-state index contributed by atoms with van der Waals surface area (Å²) < 4.78 is 1.02. The van der Waals surface area contributed by atoms with Crippen LogP contribution in [0.2, 0.25) is 0 Å². The van der Waals surface area contributed by atoms with E-state index in [2.05, 4.69) is 34.2 Å². The summed E-state index contributed by atoms with van der Waals surface area (Å²) in [7, 11) is 0. The van der Waals surface area contributed by atoms with Crippen molar-refractivity contribution in [2.45, 2.75) is 20.4 Å². The number of carbonyl (C=O) groups excluding carboxylic acids is 1. The number of hydrogen-bond donors (Lipinski definition) is 1. The number of benzene rings is 1. The Morgan fingerprint density at radius 2 is 2.06 bits per heavy atom. The molecule has 1 aromatic heterocycles. The molecule has 1 N–H and O–H groups in total. The van der Waals surface area contributed by atoms with Gasteiger partial charge in [-0.2, -0.15) is 0 Å². The van der Waals surface area contributed by atoms with Crippen LogP contribution in [0.5, 0.6) is 0 Å². The number of aryl methyl sites for hydroxylation is 2. The van der Waals surface area contributed by atoms with E-state index in [4.69, 9.17) is 0 Å². The number of thiophene rings is 1. The number of nitrogens with one attached hydrogen (secondary N) is 1. The van der Waals surface area contributed by atoms with E-state index in [1.165, 1.54) is 10.4 Å². The Hall–Kier alpha value is -1.13. The first-order chi connectivity index (χ1) is 8.58. The fourth-order valence-electron chi connectivity index (χ4n) is 1.63. The maximum absolute atomic E-state index is 12.0. The molecule has 0 aliphatic rings. The maximum Gasteiger partial charge on any atom is 0.251 e. The van der Waals surface area contributed by atoms with E-state index in [9.17, 15) is 4.79 Å². The van der Waals surface area contributed by atoms with Gasteiger partial charge in [0.15, 0.2) is 0 Å². The Kier molecular flexibility index (Phi) is 4.19. The number of amides is 1. The molecule has 0 aliphatic heterocycles. The fourth-order valence-corrected chi connectivity index (χ4v) is 2.73. The first-order valence-corrected chi connectivity index (χ1v) is 7.32. The highest BCUT2D eigenvalue weighted by Gasteiger charge is 2.08. The van der Waals surface area contributed by atoms with E-state index in [0.29, 0.717) is 12.1 Å². The van der Waals surface area contributed by atoms with Crippen LogP contribution >= 0.6 is 27.3 Å². The number of hydrogen-bond acceptors (Lipinski definition) is 2. The number of rotatable bonds is 3. The summed E-state index contributed by atoms with van der Waals surface area (Å²) in [6.07, 6.45) is 0. The zero-order valence-corrected chi connectivity index (χ0v) is 12.7. The van der Waals surface area contributed by atoms with Gasteiger partial charge >= 0.3 is 0 Å². The molecule has 0 bridgehead atoms. The lowest BCUT2D eigenvalue weighted by atomic mass is 10.1. The molecule has 0 spiro atoms. The van der Waals surface area contributed by atoms with Crippen LogP contribution in [0.4, 0.5) is 0 Å². The van der Waals surface area contributed by atoms with Crippen LogP contribution in [-0.2, 0) is 6.54 Å². The Bertz CT molecular complexity index is 577. The molecular weight excluding hydrogens is 310 g/mol. The molecule has 0 aliphatic carbocycles. The Morgan fingerprint density at radius 3 is 2.67 bits per heavy atom. The first kappa shape index (κ1) is 13.3. The molecule has 18 heavy (non-hydrogen) atoms. The largest absolute Gasteiger partial charge is 0.347 e. The maximum atomic E-state index is 12.0. The highest BCUT2D eigenvalue weighted by Crippen LogP contribution is 2.18. The van der Waals surface area contributed by atoms with Crippen molar-refractivity contribution in [3.8, 4) is 0 Å². The van der Waals surface area contributed by atoms with Gasteiger partial charge in [-0.1, -0.05) is 15.9 Å². The van der Waals surface area contributed by atoms with Crippen molar-refractivity contribution in [1.82, 2.24) is 5.32 Å². The third-order valence-corrected chi connectivity index (χ3v) is 4.71. The van der Waals surface area contributed by atoms with Crippen LogP contribution < -0.4 is 5.32 Å². The van der Waals surface area contributed by atoms with Crippen LogP contribution in [-0.4, -0.2) is 5.91 Å². The van der Waals surface area contributed by atoms with Crippen molar-refractivity contribution in [1.29, 1.82) is 0 Å². The van der Waals surface area contributed by atoms with Crippen LogP contribution in [0.15, 0.2) is 34.1 Å². The van der Waals surface area contributed by atoms with E-state index in [-0.39, 0.29) is 5.91 Å². The molecular formula is C14H14BrNOS. The molecule has 1 heterocycles. The van der Waals surface area contributed by atoms with Crippen LogP contribution in [0.25, 0.3) is 0 Å². The zero-order valence-electron chi connectivity index (χ0n) is 10.3. The highest BCUT2D eigenvalue weighted by molar-refractivity contribution is 9.10. The second-order valence-corrected chi connectivity index (χ2v) is 6.03. The third-order valence-electron chi connectivity index (χ3n) is 2.80.